The Hall–Kier alpha value is -4.44. The first-order chi connectivity index (χ1) is 18.5. The molecule has 2 heterocycles. The maximum atomic E-state index is 6.58. The molecule has 0 aliphatic carbocycles. The molecule has 6 rings (SSSR count). The van der Waals surface area contributed by atoms with E-state index in [9.17, 15) is 0 Å². The van der Waals surface area contributed by atoms with Gasteiger partial charge in [0.2, 0.25) is 0 Å². The highest BCUT2D eigenvalue weighted by atomic mass is 16.5. The molecule has 0 atom stereocenters. The molecule has 2 aromatic heterocycles. The molecule has 4 heteroatoms. The fourth-order valence-corrected chi connectivity index (χ4v) is 5.87. The van der Waals surface area contributed by atoms with Gasteiger partial charge in [-0.05, 0) is 67.4 Å². The van der Waals surface area contributed by atoms with Gasteiger partial charge >= 0.3 is 0 Å². The van der Waals surface area contributed by atoms with Gasteiger partial charge in [0.25, 0.3) is 0 Å². The number of fused-ring (bicyclic) bond motifs is 2. The molecule has 0 saturated carbocycles. The summed E-state index contributed by atoms with van der Waals surface area (Å²) in [6, 6.07) is 33.6. The Morgan fingerprint density at radius 1 is 0.579 bits per heavy atom. The number of aryl methyl sites for hydroxylation is 2. The molecule has 0 spiro atoms. The van der Waals surface area contributed by atoms with E-state index in [4.69, 9.17) is 9.47 Å². The zero-order chi connectivity index (χ0) is 26.4. The summed E-state index contributed by atoms with van der Waals surface area (Å²) in [7, 11) is 6.00. The van der Waals surface area contributed by atoms with Gasteiger partial charge in [-0.3, -0.25) is 0 Å². The maximum Gasteiger partial charge on any atom is 0.131 e. The molecule has 0 amide bonds. The average Bonchev–Trinajstić information content (AvgIpc) is 3.36. The van der Waals surface area contributed by atoms with Crippen molar-refractivity contribution in [2.75, 3.05) is 7.11 Å². The summed E-state index contributed by atoms with van der Waals surface area (Å²) < 4.78 is 16.6. The molecule has 0 radical (unpaired) electrons. The molecular formula is C34H32N2O2. The largest absolute Gasteiger partial charge is 0.497 e. The highest BCUT2D eigenvalue weighted by Crippen LogP contribution is 2.47. The minimum absolute atomic E-state index is 0.0263. The van der Waals surface area contributed by atoms with Crippen molar-refractivity contribution in [1.82, 2.24) is 9.13 Å². The van der Waals surface area contributed by atoms with Crippen LogP contribution in [0.15, 0.2) is 97.1 Å². The van der Waals surface area contributed by atoms with Crippen LogP contribution in [0.25, 0.3) is 21.8 Å². The van der Waals surface area contributed by atoms with Crippen molar-refractivity contribution in [3.63, 3.8) is 0 Å². The Bertz CT molecular complexity index is 1690. The molecule has 0 N–H and O–H groups in total. The summed E-state index contributed by atoms with van der Waals surface area (Å²) in [6.45, 7) is 4.46. The third kappa shape index (κ3) is 3.76. The van der Waals surface area contributed by atoms with Gasteiger partial charge in [-0.15, -0.1) is 0 Å². The van der Waals surface area contributed by atoms with E-state index in [0.717, 1.165) is 22.8 Å². The molecule has 0 unspecified atom stereocenters. The minimum Gasteiger partial charge on any atom is -0.497 e. The summed E-state index contributed by atoms with van der Waals surface area (Å²) >= 11 is 0. The summed E-state index contributed by atoms with van der Waals surface area (Å²) in [5, 5.41) is 2.54. The Balaban J connectivity index is 1.65. The molecule has 4 nitrogen and oxygen atoms in total. The number of nitrogens with zero attached hydrogens (tertiary/aromatic N) is 2. The average molecular weight is 501 g/mol. The van der Waals surface area contributed by atoms with Crippen LogP contribution in [-0.4, -0.2) is 16.2 Å². The standard InChI is InChI=1S/C34H32N2O2/c1-22-32(26-12-6-9-15-29(26)35(22)3)34(33-23(2)36(4)30-16-10-7-13-27(30)33)28-14-8-11-17-31(28)38-25-20-18-24(37-5)19-21-25/h6-21,34H,1-5H3. The Kier molecular flexibility index (Phi) is 5.96. The van der Waals surface area contributed by atoms with Crippen molar-refractivity contribution < 1.29 is 9.47 Å². The molecule has 6 aromatic rings. The summed E-state index contributed by atoms with van der Waals surface area (Å²) in [6.07, 6.45) is 0. The molecule has 0 aliphatic rings. The second kappa shape index (κ2) is 9.46. The molecule has 0 saturated heterocycles. The van der Waals surface area contributed by atoms with E-state index in [2.05, 4.69) is 104 Å². The smallest absolute Gasteiger partial charge is 0.131 e. The molecule has 0 fully saturated rings. The van der Waals surface area contributed by atoms with Crippen molar-refractivity contribution >= 4 is 21.8 Å². The second-order valence-corrected chi connectivity index (χ2v) is 9.90. The van der Waals surface area contributed by atoms with Gasteiger partial charge in [-0.1, -0.05) is 54.6 Å². The van der Waals surface area contributed by atoms with Gasteiger partial charge in [0.15, 0.2) is 0 Å². The van der Waals surface area contributed by atoms with E-state index in [-0.39, 0.29) is 5.92 Å². The summed E-state index contributed by atoms with van der Waals surface area (Å²) in [5.41, 5.74) is 8.74. The van der Waals surface area contributed by atoms with Crippen molar-refractivity contribution in [2.45, 2.75) is 19.8 Å². The van der Waals surface area contributed by atoms with Gasteiger partial charge in [0.05, 0.1) is 7.11 Å². The number of para-hydroxylation sites is 3. The number of rotatable bonds is 6. The molecule has 190 valence electrons. The van der Waals surface area contributed by atoms with Gasteiger partial charge in [-0.25, -0.2) is 0 Å². The molecule has 0 bridgehead atoms. The van der Waals surface area contributed by atoms with Crippen LogP contribution in [0.1, 0.15) is 34.0 Å². The van der Waals surface area contributed by atoms with Crippen LogP contribution in [-0.2, 0) is 14.1 Å². The molecule has 38 heavy (non-hydrogen) atoms. The SMILES string of the molecule is COc1ccc(Oc2ccccc2C(c2c(C)n(C)c3ccccc23)c2c(C)n(C)c3ccccc23)cc1. The predicted octanol–water partition coefficient (Wildman–Crippen LogP) is 8.27. The summed E-state index contributed by atoms with van der Waals surface area (Å²) in [4.78, 5) is 0. The lowest BCUT2D eigenvalue weighted by Crippen LogP contribution is -2.09. The van der Waals surface area contributed by atoms with Gasteiger partial charge in [0, 0.05) is 58.8 Å². The number of ether oxygens (including phenoxy) is 2. The van der Waals surface area contributed by atoms with E-state index in [1.165, 1.54) is 44.3 Å². The topological polar surface area (TPSA) is 28.3 Å². The first kappa shape index (κ1) is 23.9. The zero-order valence-electron chi connectivity index (χ0n) is 22.5. The first-order valence-electron chi connectivity index (χ1n) is 13.0. The predicted molar refractivity (Wildman–Crippen MR) is 156 cm³/mol. The highest BCUT2D eigenvalue weighted by molar-refractivity contribution is 5.92. The Morgan fingerprint density at radius 2 is 1.05 bits per heavy atom. The zero-order valence-corrected chi connectivity index (χ0v) is 22.5. The third-order valence-electron chi connectivity index (χ3n) is 7.99. The Morgan fingerprint density at radius 3 is 1.61 bits per heavy atom. The highest BCUT2D eigenvalue weighted by Gasteiger charge is 2.31. The van der Waals surface area contributed by atoms with Crippen molar-refractivity contribution in [2.24, 2.45) is 14.1 Å². The fourth-order valence-electron chi connectivity index (χ4n) is 5.87. The van der Waals surface area contributed by atoms with E-state index >= 15 is 0 Å². The van der Waals surface area contributed by atoms with Gasteiger partial charge in [0.1, 0.15) is 17.2 Å². The van der Waals surface area contributed by atoms with E-state index in [1.54, 1.807) is 7.11 Å². The lowest BCUT2D eigenvalue weighted by Gasteiger charge is -2.23. The van der Waals surface area contributed by atoms with Crippen molar-refractivity contribution in [3.8, 4) is 17.2 Å². The normalized spacial score (nSPS) is 11.5. The van der Waals surface area contributed by atoms with Gasteiger partial charge in [-0.2, -0.15) is 0 Å². The van der Waals surface area contributed by atoms with E-state index < -0.39 is 0 Å². The first-order valence-corrected chi connectivity index (χ1v) is 13.0. The number of hydrogen-bond donors (Lipinski definition) is 0. The minimum atomic E-state index is -0.0263. The molecule has 4 aromatic carbocycles. The van der Waals surface area contributed by atoms with Crippen molar-refractivity contribution in [3.05, 3.63) is 125 Å². The second-order valence-electron chi connectivity index (χ2n) is 9.90. The lowest BCUT2D eigenvalue weighted by atomic mass is 9.81. The third-order valence-corrected chi connectivity index (χ3v) is 7.99. The summed E-state index contributed by atoms with van der Waals surface area (Å²) in [5.74, 6) is 2.41. The van der Waals surface area contributed by atoms with E-state index in [1.807, 2.05) is 30.3 Å². The fraction of sp³-hybridized carbons (Fsp3) is 0.176. The lowest BCUT2D eigenvalue weighted by molar-refractivity contribution is 0.412. The Labute approximate surface area is 223 Å². The molecular weight excluding hydrogens is 468 g/mol. The van der Waals surface area contributed by atoms with Crippen LogP contribution in [0.4, 0.5) is 0 Å². The van der Waals surface area contributed by atoms with Crippen LogP contribution >= 0.6 is 0 Å². The van der Waals surface area contributed by atoms with Crippen molar-refractivity contribution in [1.29, 1.82) is 0 Å². The number of aromatic nitrogens is 2. The number of benzene rings is 4. The van der Waals surface area contributed by atoms with Crippen LogP contribution in [0, 0.1) is 13.8 Å². The van der Waals surface area contributed by atoms with Crippen LogP contribution in [0.2, 0.25) is 0 Å². The number of hydrogen-bond acceptors (Lipinski definition) is 2. The number of methoxy groups -OCH3 is 1. The van der Waals surface area contributed by atoms with Gasteiger partial charge < -0.3 is 18.6 Å². The van der Waals surface area contributed by atoms with Crippen LogP contribution < -0.4 is 9.47 Å². The quantitative estimate of drug-likeness (QED) is 0.230. The molecule has 0 aliphatic heterocycles. The van der Waals surface area contributed by atoms with E-state index in [0.29, 0.717) is 0 Å². The van der Waals surface area contributed by atoms with Crippen LogP contribution in [0.3, 0.4) is 0 Å². The van der Waals surface area contributed by atoms with Crippen LogP contribution in [0.5, 0.6) is 17.2 Å². The monoisotopic (exact) mass is 500 g/mol. The maximum absolute atomic E-state index is 6.58.